The third kappa shape index (κ3) is 3.05. The maximum Gasteiger partial charge on any atom is 0.0270 e. The van der Waals surface area contributed by atoms with Crippen molar-refractivity contribution in [3.05, 3.63) is 30.1 Å². The molecule has 0 unspecified atom stereocenters. The molecule has 2 heteroatoms. The molecule has 88 valence electrons. The van der Waals surface area contributed by atoms with Crippen molar-refractivity contribution in [2.45, 2.75) is 39.2 Å². The maximum atomic E-state index is 4.02. The lowest BCUT2D eigenvalue weighted by molar-refractivity contribution is 0.169. The Kier molecular flexibility index (Phi) is 3.94. The summed E-state index contributed by atoms with van der Waals surface area (Å²) in [6.45, 7) is 5.76. The highest BCUT2D eigenvalue weighted by molar-refractivity contribution is 5.09. The Morgan fingerprint density at radius 1 is 1.31 bits per heavy atom. The monoisotopic (exact) mass is 218 g/mol. The van der Waals surface area contributed by atoms with E-state index in [1.54, 1.807) is 0 Å². The number of nitrogens with zero attached hydrogens (tertiary/aromatic N) is 1. The minimum Gasteiger partial charge on any atom is -0.314 e. The van der Waals surface area contributed by atoms with Crippen LogP contribution in [0.4, 0.5) is 0 Å². The summed E-state index contributed by atoms with van der Waals surface area (Å²) < 4.78 is 0. The van der Waals surface area contributed by atoms with Gasteiger partial charge in [0.2, 0.25) is 0 Å². The Hall–Kier alpha value is -0.890. The normalized spacial score (nSPS) is 24.4. The highest BCUT2D eigenvalue weighted by Gasteiger charge is 2.30. The van der Waals surface area contributed by atoms with Crippen LogP contribution in [0.2, 0.25) is 0 Å². The van der Waals surface area contributed by atoms with Gasteiger partial charge < -0.3 is 5.32 Å². The fourth-order valence-electron chi connectivity index (χ4n) is 2.34. The summed E-state index contributed by atoms with van der Waals surface area (Å²) in [5.41, 5.74) is 1.38. The Balaban J connectivity index is 1.60. The molecule has 0 amide bonds. The molecule has 0 saturated heterocycles. The number of pyridine rings is 1. The summed E-state index contributed by atoms with van der Waals surface area (Å²) in [7, 11) is 0. The van der Waals surface area contributed by atoms with Crippen molar-refractivity contribution in [1.82, 2.24) is 10.3 Å². The van der Waals surface area contributed by atoms with E-state index in [2.05, 4.69) is 36.3 Å². The minimum atomic E-state index is 0.772. The molecule has 0 aromatic carbocycles. The van der Waals surface area contributed by atoms with Crippen molar-refractivity contribution < 1.29 is 0 Å². The number of rotatable bonds is 5. The summed E-state index contributed by atoms with van der Waals surface area (Å²) in [5, 5.41) is 3.63. The van der Waals surface area contributed by atoms with Crippen LogP contribution in [0.25, 0.3) is 0 Å². The average molecular weight is 218 g/mol. The predicted molar refractivity (Wildman–Crippen MR) is 67.3 cm³/mol. The fraction of sp³-hybridized carbons (Fsp3) is 0.643. The van der Waals surface area contributed by atoms with Crippen LogP contribution >= 0.6 is 0 Å². The smallest absolute Gasteiger partial charge is 0.0270 e. The lowest BCUT2D eigenvalue weighted by Gasteiger charge is -2.38. The van der Waals surface area contributed by atoms with Crippen molar-refractivity contribution in [2.75, 3.05) is 6.54 Å². The predicted octanol–water partition coefficient (Wildman–Crippen LogP) is 2.65. The van der Waals surface area contributed by atoms with E-state index >= 15 is 0 Å². The molecule has 0 spiro atoms. The quantitative estimate of drug-likeness (QED) is 0.822. The van der Waals surface area contributed by atoms with Crippen LogP contribution < -0.4 is 5.32 Å². The fourth-order valence-corrected chi connectivity index (χ4v) is 2.34. The zero-order valence-electron chi connectivity index (χ0n) is 10.3. The average Bonchev–Trinajstić information content (AvgIpc) is 2.22. The van der Waals surface area contributed by atoms with Gasteiger partial charge in [0, 0.05) is 18.4 Å². The van der Waals surface area contributed by atoms with Crippen LogP contribution in [0.15, 0.2) is 24.5 Å². The summed E-state index contributed by atoms with van der Waals surface area (Å²) >= 11 is 0. The molecule has 0 aliphatic heterocycles. The molecule has 1 aromatic rings. The topological polar surface area (TPSA) is 24.9 Å². The zero-order valence-corrected chi connectivity index (χ0v) is 10.3. The van der Waals surface area contributed by atoms with Crippen LogP contribution in [-0.4, -0.2) is 17.6 Å². The molecule has 0 radical (unpaired) electrons. The maximum absolute atomic E-state index is 4.02. The van der Waals surface area contributed by atoms with Gasteiger partial charge in [-0.3, -0.25) is 4.98 Å². The van der Waals surface area contributed by atoms with Gasteiger partial charge in [-0.15, -0.1) is 0 Å². The van der Waals surface area contributed by atoms with Crippen molar-refractivity contribution in [3.63, 3.8) is 0 Å². The molecule has 1 heterocycles. The first-order valence-electron chi connectivity index (χ1n) is 6.38. The Morgan fingerprint density at radius 2 is 2.00 bits per heavy atom. The third-order valence-corrected chi connectivity index (χ3v) is 3.71. The molecule has 1 aromatic heterocycles. The molecular weight excluding hydrogens is 196 g/mol. The van der Waals surface area contributed by atoms with E-state index in [1.165, 1.54) is 18.4 Å². The summed E-state index contributed by atoms with van der Waals surface area (Å²) in [6, 6.07) is 4.97. The molecule has 1 aliphatic rings. The summed E-state index contributed by atoms with van der Waals surface area (Å²) in [6.07, 6.45) is 7.59. The second-order valence-corrected chi connectivity index (χ2v) is 5.23. The Labute approximate surface area is 98.5 Å². The van der Waals surface area contributed by atoms with Gasteiger partial charge >= 0.3 is 0 Å². The molecule has 1 aliphatic carbocycles. The van der Waals surface area contributed by atoms with E-state index in [1.807, 2.05) is 12.4 Å². The van der Waals surface area contributed by atoms with Gasteiger partial charge in [0.1, 0.15) is 0 Å². The zero-order chi connectivity index (χ0) is 11.4. The minimum absolute atomic E-state index is 0.772. The van der Waals surface area contributed by atoms with Crippen molar-refractivity contribution in [3.8, 4) is 0 Å². The van der Waals surface area contributed by atoms with Gasteiger partial charge in [-0.05, 0) is 55.3 Å². The molecule has 16 heavy (non-hydrogen) atoms. The second kappa shape index (κ2) is 5.44. The van der Waals surface area contributed by atoms with Crippen molar-refractivity contribution in [1.29, 1.82) is 0 Å². The Morgan fingerprint density at radius 3 is 2.62 bits per heavy atom. The molecule has 1 N–H and O–H groups in total. The van der Waals surface area contributed by atoms with Gasteiger partial charge in [-0.2, -0.15) is 0 Å². The number of hydrogen-bond donors (Lipinski definition) is 1. The Bertz CT molecular complexity index is 302. The van der Waals surface area contributed by atoms with Crippen LogP contribution in [0.5, 0.6) is 0 Å². The number of nitrogens with one attached hydrogen (secondary N) is 1. The van der Waals surface area contributed by atoms with Crippen LogP contribution in [-0.2, 0) is 6.42 Å². The highest BCUT2D eigenvalue weighted by atomic mass is 14.9. The van der Waals surface area contributed by atoms with Crippen molar-refractivity contribution in [2.24, 2.45) is 11.8 Å². The third-order valence-electron chi connectivity index (χ3n) is 3.71. The molecule has 1 fully saturated rings. The highest BCUT2D eigenvalue weighted by Crippen LogP contribution is 2.33. The van der Waals surface area contributed by atoms with Gasteiger partial charge in [0.15, 0.2) is 0 Å². The molecular formula is C14H22N2. The summed E-state index contributed by atoms with van der Waals surface area (Å²) in [4.78, 5) is 4.02. The lowest BCUT2D eigenvalue weighted by atomic mass is 9.73. The van der Waals surface area contributed by atoms with Crippen LogP contribution in [0.3, 0.4) is 0 Å². The van der Waals surface area contributed by atoms with Gasteiger partial charge in [0.25, 0.3) is 0 Å². The van der Waals surface area contributed by atoms with E-state index < -0.39 is 0 Å². The SMILES string of the molecule is CC(C)C1CC(NCCc2ccncc2)C1. The molecule has 2 nitrogen and oxygen atoms in total. The molecule has 2 rings (SSSR count). The first-order chi connectivity index (χ1) is 7.75. The molecule has 0 atom stereocenters. The largest absolute Gasteiger partial charge is 0.314 e. The van der Waals surface area contributed by atoms with E-state index in [0.29, 0.717) is 0 Å². The van der Waals surface area contributed by atoms with E-state index in [-0.39, 0.29) is 0 Å². The summed E-state index contributed by atoms with van der Waals surface area (Å²) in [5.74, 6) is 1.82. The molecule has 0 bridgehead atoms. The first kappa shape index (κ1) is 11.6. The van der Waals surface area contributed by atoms with Gasteiger partial charge in [-0.1, -0.05) is 13.8 Å². The van der Waals surface area contributed by atoms with E-state index in [4.69, 9.17) is 0 Å². The standard InChI is InChI=1S/C14H22N2/c1-11(2)13-9-14(10-13)16-8-5-12-3-6-15-7-4-12/h3-4,6-7,11,13-14,16H,5,8-10H2,1-2H3. The lowest BCUT2D eigenvalue weighted by Crippen LogP contribution is -2.43. The van der Waals surface area contributed by atoms with Crippen molar-refractivity contribution >= 4 is 0 Å². The first-order valence-corrected chi connectivity index (χ1v) is 6.38. The van der Waals surface area contributed by atoms with E-state index in [0.717, 1.165) is 30.8 Å². The number of aromatic nitrogens is 1. The van der Waals surface area contributed by atoms with Crippen LogP contribution in [0, 0.1) is 11.8 Å². The van der Waals surface area contributed by atoms with Gasteiger partial charge in [-0.25, -0.2) is 0 Å². The van der Waals surface area contributed by atoms with E-state index in [9.17, 15) is 0 Å². The van der Waals surface area contributed by atoms with Crippen LogP contribution in [0.1, 0.15) is 32.3 Å². The second-order valence-electron chi connectivity index (χ2n) is 5.23. The molecule has 1 saturated carbocycles. The number of hydrogen-bond acceptors (Lipinski definition) is 2. The van der Waals surface area contributed by atoms with Gasteiger partial charge in [0.05, 0.1) is 0 Å².